The summed E-state index contributed by atoms with van der Waals surface area (Å²) in [5, 5.41) is 2.77. The lowest BCUT2D eigenvalue weighted by molar-refractivity contribution is -0.121. The fourth-order valence-electron chi connectivity index (χ4n) is 1.62. The minimum absolute atomic E-state index is 0.234. The zero-order valence-corrected chi connectivity index (χ0v) is 9.83. The van der Waals surface area contributed by atoms with Gasteiger partial charge in [0.25, 0.3) is 5.91 Å². The van der Waals surface area contributed by atoms with E-state index in [9.17, 15) is 4.79 Å². The van der Waals surface area contributed by atoms with Crippen LogP contribution in [0.1, 0.15) is 44.9 Å². The highest BCUT2D eigenvalue weighted by Gasteiger charge is 2.32. The molecule has 0 bridgehead atoms. The molecule has 82 valence electrons. The average molecular weight is 238 g/mol. The van der Waals surface area contributed by atoms with Gasteiger partial charge < -0.3 is 5.32 Å². The van der Waals surface area contributed by atoms with Crippen LogP contribution in [-0.2, 0) is 4.79 Å². The number of carbonyl (C=O) groups excluding carboxylic acids is 1. The maximum Gasteiger partial charge on any atom is 0.256 e. The van der Waals surface area contributed by atoms with Crippen LogP contribution in [0.4, 0.5) is 0 Å². The number of carbonyl (C=O) groups is 1. The molecule has 1 rings (SSSR count). The Labute approximate surface area is 95.3 Å². The molecule has 0 aliphatic carbocycles. The summed E-state index contributed by atoms with van der Waals surface area (Å²) < 4.78 is -1.22. The van der Waals surface area contributed by atoms with E-state index in [1.165, 1.54) is 19.3 Å². The third-order valence-corrected chi connectivity index (χ3v) is 3.26. The first-order valence-corrected chi connectivity index (χ1v) is 6.05. The van der Waals surface area contributed by atoms with Gasteiger partial charge in [0.2, 0.25) is 0 Å². The van der Waals surface area contributed by atoms with Gasteiger partial charge in [-0.2, -0.15) is 0 Å². The molecule has 0 saturated carbocycles. The third-order valence-electron chi connectivity index (χ3n) is 2.54. The second-order valence-electron chi connectivity index (χ2n) is 3.83. The lowest BCUT2D eigenvalue weighted by Crippen LogP contribution is -2.38. The van der Waals surface area contributed by atoms with Crippen LogP contribution >= 0.6 is 23.2 Å². The number of hydrogen-bond donors (Lipinski definition) is 1. The summed E-state index contributed by atoms with van der Waals surface area (Å²) in [5.74, 6) is -0.234. The molecular weight excluding hydrogens is 221 g/mol. The maximum atomic E-state index is 11.5. The molecule has 0 atom stereocenters. The van der Waals surface area contributed by atoms with Crippen LogP contribution < -0.4 is 5.32 Å². The smallest absolute Gasteiger partial charge is 0.256 e. The Balaban J connectivity index is 2.46. The normalized spacial score (nSPS) is 24.9. The summed E-state index contributed by atoms with van der Waals surface area (Å²) in [7, 11) is 0. The molecule has 1 fully saturated rings. The predicted octanol–water partition coefficient (Wildman–Crippen LogP) is 3.02. The van der Waals surface area contributed by atoms with Crippen molar-refractivity contribution in [2.75, 3.05) is 6.54 Å². The second kappa shape index (κ2) is 5.82. The van der Waals surface area contributed by atoms with Crippen molar-refractivity contribution >= 4 is 29.1 Å². The fourth-order valence-corrected chi connectivity index (χ4v) is 2.02. The van der Waals surface area contributed by atoms with E-state index < -0.39 is 4.33 Å². The molecule has 1 aliphatic heterocycles. The Morgan fingerprint density at radius 2 is 1.57 bits per heavy atom. The van der Waals surface area contributed by atoms with Crippen molar-refractivity contribution in [3.05, 3.63) is 0 Å². The van der Waals surface area contributed by atoms with Crippen LogP contribution in [0.5, 0.6) is 0 Å². The van der Waals surface area contributed by atoms with Gasteiger partial charge in [0.1, 0.15) is 0 Å². The van der Waals surface area contributed by atoms with Crippen molar-refractivity contribution in [3.63, 3.8) is 0 Å². The second-order valence-corrected chi connectivity index (χ2v) is 5.32. The van der Waals surface area contributed by atoms with Gasteiger partial charge in [-0.05, 0) is 19.3 Å². The molecule has 1 saturated heterocycles. The third kappa shape index (κ3) is 4.05. The molecule has 1 N–H and O–H groups in total. The van der Waals surface area contributed by atoms with Crippen LogP contribution in [0.2, 0.25) is 0 Å². The summed E-state index contributed by atoms with van der Waals surface area (Å²) in [6, 6.07) is 0. The Kier molecular flexibility index (Phi) is 5.04. The van der Waals surface area contributed by atoms with E-state index in [4.69, 9.17) is 23.2 Å². The first-order valence-electron chi connectivity index (χ1n) is 5.29. The summed E-state index contributed by atoms with van der Waals surface area (Å²) in [6.07, 6.45) is 7.27. The van der Waals surface area contributed by atoms with E-state index in [-0.39, 0.29) is 5.91 Å². The highest BCUT2D eigenvalue weighted by atomic mass is 35.5. The van der Waals surface area contributed by atoms with Crippen LogP contribution in [0.15, 0.2) is 0 Å². The lowest BCUT2D eigenvalue weighted by atomic mass is 10.1. The molecule has 0 unspecified atom stereocenters. The quantitative estimate of drug-likeness (QED) is 0.646. The topological polar surface area (TPSA) is 29.1 Å². The van der Waals surface area contributed by atoms with Crippen molar-refractivity contribution in [1.82, 2.24) is 5.32 Å². The van der Waals surface area contributed by atoms with Gasteiger partial charge in [0.15, 0.2) is 4.33 Å². The van der Waals surface area contributed by atoms with Gasteiger partial charge in [0, 0.05) is 6.54 Å². The minimum Gasteiger partial charge on any atom is -0.353 e. The molecule has 0 aromatic heterocycles. The average Bonchev–Trinajstić information content (AvgIpc) is 2.16. The van der Waals surface area contributed by atoms with E-state index in [0.717, 1.165) is 19.3 Å². The van der Waals surface area contributed by atoms with E-state index in [2.05, 4.69) is 5.32 Å². The molecule has 0 radical (unpaired) electrons. The Bertz CT molecular complexity index is 195. The largest absolute Gasteiger partial charge is 0.353 e. The monoisotopic (exact) mass is 237 g/mol. The first kappa shape index (κ1) is 12.1. The standard InChI is InChI=1S/C10H17Cl2NO/c11-10(12)7-5-3-1-2-4-6-8-13-9(10)14/h1-8H2,(H,13,14). The SMILES string of the molecule is O=C1NCCCCCCCCC1(Cl)Cl. The summed E-state index contributed by atoms with van der Waals surface area (Å²) in [6.45, 7) is 0.694. The summed E-state index contributed by atoms with van der Waals surface area (Å²) in [4.78, 5) is 11.5. The van der Waals surface area contributed by atoms with Crippen molar-refractivity contribution in [3.8, 4) is 0 Å². The Hall–Kier alpha value is 0.0500. The molecule has 1 heterocycles. The van der Waals surface area contributed by atoms with Gasteiger partial charge >= 0.3 is 0 Å². The molecule has 1 amide bonds. The first-order chi connectivity index (χ1) is 6.63. The number of hydrogen-bond acceptors (Lipinski definition) is 1. The van der Waals surface area contributed by atoms with Gasteiger partial charge in [0.05, 0.1) is 0 Å². The summed E-state index contributed by atoms with van der Waals surface area (Å²) in [5.41, 5.74) is 0. The molecule has 0 aromatic rings. The molecule has 1 aliphatic rings. The summed E-state index contributed by atoms with van der Waals surface area (Å²) >= 11 is 11.9. The van der Waals surface area contributed by atoms with Crippen LogP contribution in [0.3, 0.4) is 0 Å². The Morgan fingerprint density at radius 3 is 2.29 bits per heavy atom. The predicted molar refractivity (Wildman–Crippen MR) is 59.8 cm³/mol. The van der Waals surface area contributed by atoms with Crippen molar-refractivity contribution < 1.29 is 4.79 Å². The Morgan fingerprint density at radius 1 is 1.00 bits per heavy atom. The van der Waals surface area contributed by atoms with Crippen molar-refractivity contribution in [2.24, 2.45) is 0 Å². The van der Waals surface area contributed by atoms with Crippen LogP contribution in [0.25, 0.3) is 0 Å². The van der Waals surface area contributed by atoms with E-state index in [1.807, 2.05) is 0 Å². The van der Waals surface area contributed by atoms with E-state index in [1.54, 1.807) is 0 Å². The number of nitrogens with one attached hydrogen (secondary N) is 1. The van der Waals surface area contributed by atoms with Gasteiger partial charge in [-0.15, -0.1) is 0 Å². The highest BCUT2D eigenvalue weighted by Crippen LogP contribution is 2.28. The molecule has 0 spiro atoms. The molecule has 0 aromatic carbocycles. The van der Waals surface area contributed by atoms with Crippen LogP contribution in [-0.4, -0.2) is 16.8 Å². The van der Waals surface area contributed by atoms with Crippen molar-refractivity contribution in [1.29, 1.82) is 0 Å². The molecule has 4 heteroatoms. The van der Waals surface area contributed by atoms with Gasteiger partial charge in [-0.25, -0.2) is 0 Å². The molecule has 14 heavy (non-hydrogen) atoms. The zero-order valence-electron chi connectivity index (χ0n) is 8.32. The van der Waals surface area contributed by atoms with E-state index in [0.29, 0.717) is 13.0 Å². The highest BCUT2D eigenvalue weighted by molar-refractivity contribution is 6.58. The van der Waals surface area contributed by atoms with Gasteiger partial charge in [-0.1, -0.05) is 48.9 Å². The number of alkyl halides is 2. The molecular formula is C10H17Cl2NO. The number of rotatable bonds is 0. The maximum absolute atomic E-state index is 11.5. The fraction of sp³-hybridized carbons (Fsp3) is 0.900. The van der Waals surface area contributed by atoms with Gasteiger partial charge in [-0.3, -0.25) is 4.79 Å². The van der Waals surface area contributed by atoms with Crippen molar-refractivity contribution in [2.45, 2.75) is 49.3 Å². The lowest BCUT2D eigenvalue weighted by Gasteiger charge is -2.18. The number of halogens is 2. The number of amides is 1. The van der Waals surface area contributed by atoms with E-state index >= 15 is 0 Å². The zero-order chi connectivity index (χ0) is 10.4. The minimum atomic E-state index is -1.22. The van der Waals surface area contributed by atoms with Crippen LogP contribution in [0, 0.1) is 0 Å². The molecule has 2 nitrogen and oxygen atoms in total.